The van der Waals surface area contributed by atoms with Crippen molar-refractivity contribution in [1.82, 2.24) is 0 Å². The smallest absolute Gasteiger partial charge is 0.382 e. The Kier molecular flexibility index (Phi) is 7.66. The summed E-state index contributed by atoms with van der Waals surface area (Å²) in [5, 5.41) is 22.4. The van der Waals surface area contributed by atoms with E-state index >= 15 is 0 Å². The van der Waals surface area contributed by atoms with Gasteiger partial charge in [-0.3, -0.25) is 20.2 Å². The second-order valence-electron chi connectivity index (χ2n) is 4.88. The minimum absolute atomic E-state index is 0.0224. The van der Waals surface area contributed by atoms with E-state index in [1.807, 2.05) is 0 Å². The number of ether oxygens (including phenoxy) is 2. The standard InChI is InChI=1S/C15H15ClN2O8/c1-3-26-15(20)13(18(23)24)7-10(14(19)25-2)6-9-4-5-11(16)8-12(9)17(21)22/h4-6,8,13H,3,7H2,1-2H3/b10-6+. The molecule has 0 aromatic heterocycles. The summed E-state index contributed by atoms with van der Waals surface area (Å²) in [5.74, 6) is -2.09. The maximum Gasteiger partial charge on any atom is 0.382 e. The maximum absolute atomic E-state index is 11.9. The minimum Gasteiger partial charge on any atom is -0.466 e. The first-order valence-corrected chi connectivity index (χ1v) is 7.62. The Hall–Kier alpha value is -3.01. The fourth-order valence-electron chi connectivity index (χ4n) is 2.01. The summed E-state index contributed by atoms with van der Waals surface area (Å²) in [5.41, 5.74) is -0.730. The van der Waals surface area contributed by atoms with Gasteiger partial charge in [0.05, 0.1) is 30.6 Å². The van der Waals surface area contributed by atoms with Crippen molar-refractivity contribution in [3.05, 3.63) is 54.6 Å². The average molecular weight is 387 g/mol. The number of nitrogens with zero attached hydrogens (tertiary/aromatic N) is 2. The van der Waals surface area contributed by atoms with E-state index in [0.29, 0.717) is 0 Å². The highest BCUT2D eigenvalue weighted by molar-refractivity contribution is 6.30. The van der Waals surface area contributed by atoms with Gasteiger partial charge in [0, 0.05) is 21.6 Å². The van der Waals surface area contributed by atoms with E-state index in [2.05, 4.69) is 9.47 Å². The lowest BCUT2D eigenvalue weighted by Gasteiger charge is -2.10. The van der Waals surface area contributed by atoms with Gasteiger partial charge in [-0.1, -0.05) is 11.6 Å². The number of hydrogen-bond donors (Lipinski definition) is 0. The van der Waals surface area contributed by atoms with Gasteiger partial charge in [-0.2, -0.15) is 0 Å². The van der Waals surface area contributed by atoms with Gasteiger partial charge < -0.3 is 9.47 Å². The topological polar surface area (TPSA) is 139 Å². The van der Waals surface area contributed by atoms with Crippen LogP contribution in [0.2, 0.25) is 5.02 Å². The van der Waals surface area contributed by atoms with Crippen LogP contribution in [0.5, 0.6) is 0 Å². The summed E-state index contributed by atoms with van der Waals surface area (Å²) in [6, 6.07) is 1.84. The number of nitro groups is 2. The molecule has 10 nitrogen and oxygen atoms in total. The summed E-state index contributed by atoms with van der Waals surface area (Å²) in [6.45, 7) is 1.39. The molecule has 1 rings (SSSR count). The fourth-order valence-corrected chi connectivity index (χ4v) is 2.17. The monoisotopic (exact) mass is 386 g/mol. The number of carbonyl (C=O) groups is 2. The third-order valence-corrected chi connectivity index (χ3v) is 3.43. The van der Waals surface area contributed by atoms with E-state index in [1.54, 1.807) is 0 Å². The van der Waals surface area contributed by atoms with Gasteiger partial charge in [0.2, 0.25) is 0 Å². The molecule has 140 valence electrons. The normalized spacial score (nSPS) is 12.2. The second kappa shape index (κ2) is 9.47. The van der Waals surface area contributed by atoms with Gasteiger partial charge in [-0.25, -0.2) is 9.59 Å². The molecule has 0 radical (unpaired) electrons. The number of hydrogen-bond acceptors (Lipinski definition) is 8. The summed E-state index contributed by atoms with van der Waals surface area (Å²) in [7, 11) is 1.04. The Morgan fingerprint density at radius 1 is 1.31 bits per heavy atom. The van der Waals surface area contributed by atoms with Crippen LogP contribution >= 0.6 is 11.6 Å². The predicted molar refractivity (Wildman–Crippen MR) is 90.1 cm³/mol. The lowest BCUT2D eigenvalue weighted by atomic mass is 10.0. The molecule has 26 heavy (non-hydrogen) atoms. The molecule has 1 unspecified atom stereocenters. The van der Waals surface area contributed by atoms with Crippen molar-refractivity contribution in [2.45, 2.75) is 19.4 Å². The average Bonchev–Trinajstić information content (AvgIpc) is 2.58. The molecule has 0 heterocycles. The first kappa shape index (κ1) is 21.0. The second-order valence-corrected chi connectivity index (χ2v) is 5.32. The highest BCUT2D eigenvalue weighted by atomic mass is 35.5. The van der Waals surface area contributed by atoms with Gasteiger partial charge in [0.25, 0.3) is 5.69 Å². The van der Waals surface area contributed by atoms with E-state index in [0.717, 1.165) is 19.3 Å². The zero-order valence-electron chi connectivity index (χ0n) is 13.8. The lowest BCUT2D eigenvalue weighted by molar-refractivity contribution is -0.509. The molecule has 1 atom stereocenters. The number of halogens is 1. The molecule has 0 spiro atoms. The van der Waals surface area contributed by atoms with Crippen molar-refractivity contribution >= 4 is 35.3 Å². The Bertz CT molecular complexity index is 762. The van der Waals surface area contributed by atoms with Crippen LogP contribution in [-0.4, -0.2) is 41.5 Å². The summed E-state index contributed by atoms with van der Waals surface area (Å²) >= 11 is 5.72. The zero-order chi connectivity index (χ0) is 19.9. The van der Waals surface area contributed by atoms with E-state index in [4.69, 9.17) is 11.6 Å². The van der Waals surface area contributed by atoms with E-state index in [9.17, 15) is 29.8 Å². The van der Waals surface area contributed by atoms with Crippen molar-refractivity contribution in [1.29, 1.82) is 0 Å². The van der Waals surface area contributed by atoms with Crippen molar-refractivity contribution in [3.8, 4) is 0 Å². The van der Waals surface area contributed by atoms with Gasteiger partial charge in [0.1, 0.15) is 0 Å². The number of carbonyl (C=O) groups excluding carboxylic acids is 2. The Balaban J connectivity index is 3.36. The lowest BCUT2D eigenvalue weighted by Crippen LogP contribution is -2.33. The number of nitro benzene ring substituents is 1. The number of esters is 2. The summed E-state index contributed by atoms with van der Waals surface area (Å²) in [4.78, 5) is 44.3. The molecule has 0 bridgehead atoms. The molecular weight excluding hydrogens is 372 g/mol. The Morgan fingerprint density at radius 2 is 1.96 bits per heavy atom. The van der Waals surface area contributed by atoms with Crippen LogP contribution in [-0.2, 0) is 19.1 Å². The van der Waals surface area contributed by atoms with Crippen LogP contribution < -0.4 is 0 Å². The molecule has 11 heteroatoms. The van der Waals surface area contributed by atoms with Gasteiger partial charge in [-0.05, 0) is 25.1 Å². The van der Waals surface area contributed by atoms with Crippen LogP contribution in [0.1, 0.15) is 18.9 Å². The molecular formula is C15H15ClN2O8. The molecule has 0 N–H and O–H groups in total. The van der Waals surface area contributed by atoms with Crippen LogP contribution in [0.15, 0.2) is 23.8 Å². The van der Waals surface area contributed by atoms with Crippen molar-refractivity contribution in [2.24, 2.45) is 0 Å². The molecule has 0 fully saturated rings. The van der Waals surface area contributed by atoms with Gasteiger partial charge in [-0.15, -0.1) is 0 Å². The van der Waals surface area contributed by atoms with Crippen LogP contribution in [0.3, 0.4) is 0 Å². The minimum atomic E-state index is -1.85. The summed E-state index contributed by atoms with van der Waals surface area (Å²) < 4.78 is 9.17. The molecule has 0 aliphatic carbocycles. The van der Waals surface area contributed by atoms with E-state index in [1.165, 1.54) is 19.1 Å². The van der Waals surface area contributed by atoms with Crippen molar-refractivity contribution < 1.29 is 28.9 Å². The number of benzene rings is 1. The first-order valence-electron chi connectivity index (χ1n) is 7.24. The van der Waals surface area contributed by atoms with Gasteiger partial charge in [0.15, 0.2) is 0 Å². The molecule has 0 aliphatic heterocycles. The third kappa shape index (κ3) is 5.52. The van der Waals surface area contributed by atoms with Crippen molar-refractivity contribution in [2.75, 3.05) is 13.7 Å². The van der Waals surface area contributed by atoms with Gasteiger partial charge >= 0.3 is 18.0 Å². The third-order valence-electron chi connectivity index (χ3n) is 3.19. The van der Waals surface area contributed by atoms with Crippen molar-refractivity contribution in [3.63, 3.8) is 0 Å². The molecule has 0 amide bonds. The Labute approximate surface area is 152 Å². The molecule has 1 aromatic rings. The summed E-state index contributed by atoms with van der Waals surface area (Å²) in [6.07, 6.45) is 0.397. The first-order chi connectivity index (χ1) is 12.2. The van der Waals surface area contributed by atoms with E-state index in [-0.39, 0.29) is 22.8 Å². The van der Waals surface area contributed by atoms with E-state index < -0.39 is 39.9 Å². The molecule has 0 saturated carbocycles. The van der Waals surface area contributed by atoms with Crippen LogP contribution in [0, 0.1) is 20.2 Å². The maximum atomic E-state index is 11.9. The Morgan fingerprint density at radius 3 is 2.46 bits per heavy atom. The fraction of sp³-hybridized carbons (Fsp3) is 0.333. The highest BCUT2D eigenvalue weighted by Gasteiger charge is 2.34. The van der Waals surface area contributed by atoms with Crippen LogP contribution in [0.4, 0.5) is 5.69 Å². The predicted octanol–water partition coefficient (Wildman–Crippen LogP) is 2.40. The highest BCUT2D eigenvalue weighted by Crippen LogP contribution is 2.26. The molecule has 0 saturated heterocycles. The molecule has 0 aliphatic rings. The largest absolute Gasteiger partial charge is 0.466 e. The number of methoxy groups -OCH3 is 1. The SMILES string of the molecule is CCOC(=O)C(C/C(=C\c1ccc(Cl)cc1[N+](=O)[O-])C(=O)OC)[N+](=O)[O-]. The van der Waals surface area contributed by atoms with Crippen LogP contribution in [0.25, 0.3) is 6.08 Å². The zero-order valence-corrected chi connectivity index (χ0v) is 14.6. The number of rotatable bonds is 8. The quantitative estimate of drug-likeness (QED) is 0.287. The molecule has 1 aromatic carbocycles.